The fraction of sp³-hybridized carbons (Fsp3) is 0.625. The molecule has 19 heavy (non-hydrogen) atoms. The maximum absolute atomic E-state index is 5.95. The number of benzene rings is 1. The third kappa shape index (κ3) is 3.21. The van der Waals surface area contributed by atoms with Crippen molar-refractivity contribution in [3.63, 3.8) is 0 Å². The number of nitrogens with one attached hydrogen (secondary N) is 1. The van der Waals surface area contributed by atoms with Crippen LogP contribution in [-0.4, -0.2) is 19.2 Å². The maximum atomic E-state index is 5.95. The van der Waals surface area contributed by atoms with Crippen LogP contribution in [0.3, 0.4) is 0 Å². The molecule has 0 spiro atoms. The lowest BCUT2D eigenvalue weighted by Gasteiger charge is -2.26. The summed E-state index contributed by atoms with van der Waals surface area (Å²) in [6, 6.07) is 6.94. The molecule has 0 radical (unpaired) electrons. The van der Waals surface area contributed by atoms with Crippen molar-refractivity contribution in [2.75, 3.05) is 18.5 Å². The van der Waals surface area contributed by atoms with E-state index in [0.717, 1.165) is 37.7 Å². The van der Waals surface area contributed by atoms with Crippen molar-refractivity contribution in [2.24, 2.45) is 11.7 Å². The highest BCUT2D eigenvalue weighted by atomic mass is 16.5. The molecule has 104 valence electrons. The van der Waals surface area contributed by atoms with Crippen LogP contribution in [0, 0.1) is 5.92 Å². The van der Waals surface area contributed by atoms with E-state index in [-0.39, 0.29) is 0 Å². The van der Waals surface area contributed by atoms with Gasteiger partial charge >= 0.3 is 0 Å². The molecular formula is C16H24N2O. The largest absolute Gasteiger partial charge is 0.493 e. The number of rotatable bonds is 3. The summed E-state index contributed by atoms with van der Waals surface area (Å²) in [5.74, 6) is 1.85. The van der Waals surface area contributed by atoms with Crippen molar-refractivity contribution >= 4 is 5.69 Å². The fourth-order valence-electron chi connectivity index (χ4n) is 3.12. The van der Waals surface area contributed by atoms with Gasteiger partial charge in [-0.1, -0.05) is 0 Å². The van der Waals surface area contributed by atoms with E-state index < -0.39 is 0 Å². The van der Waals surface area contributed by atoms with Gasteiger partial charge in [0.2, 0.25) is 0 Å². The Bertz CT molecular complexity index is 425. The molecule has 1 heterocycles. The highest BCUT2D eigenvalue weighted by Gasteiger charge is 2.18. The number of nitrogens with two attached hydrogens (primary N) is 1. The quantitative estimate of drug-likeness (QED) is 0.878. The monoisotopic (exact) mass is 260 g/mol. The Morgan fingerprint density at radius 1 is 1.21 bits per heavy atom. The van der Waals surface area contributed by atoms with Crippen molar-refractivity contribution in [1.29, 1.82) is 0 Å². The number of hydrogen-bond donors (Lipinski definition) is 2. The summed E-state index contributed by atoms with van der Waals surface area (Å²) in [5, 5.41) is 3.58. The first kappa shape index (κ1) is 12.8. The van der Waals surface area contributed by atoms with Crippen LogP contribution in [0.15, 0.2) is 18.2 Å². The average molecular weight is 260 g/mol. The minimum absolute atomic E-state index is 0.442. The lowest BCUT2D eigenvalue weighted by atomic mass is 9.86. The van der Waals surface area contributed by atoms with E-state index in [1.165, 1.54) is 36.9 Å². The molecule has 1 aromatic rings. The molecule has 0 bridgehead atoms. The SMILES string of the molecule is NC1CCC(CNc2ccc3c(c2)CCCO3)CC1. The first-order valence-corrected chi connectivity index (χ1v) is 7.56. The standard InChI is InChI=1S/C16H24N2O/c17-14-5-3-12(4-6-14)11-18-15-7-8-16-13(10-15)2-1-9-19-16/h7-8,10,12,14,18H,1-6,9,11,17H2. The van der Waals surface area contributed by atoms with Gasteiger partial charge < -0.3 is 15.8 Å². The molecule has 3 heteroatoms. The van der Waals surface area contributed by atoms with Crippen molar-refractivity contribution in [3.05, 3.63) is 23.8 Å². The Morgan fingerprint density at radius 3 is 2.89 bits per heavy atom. The van der Waals surface area contributed by atoms with Gasteiger partial charge in [0.05, 0.1) is 6.61 Å². The second-order valence-corrected chi connectivity index (χ2v) is 5.94. The Balaban J connectivity index is 1.55. The molecule has 1 aromatic carbocycles. The Morgan fingerprint density at radius 2 is 2.05 bits per heavy atom. The van der Waals surface area contributed by atoms with Gasteiger partial charge in [-0.05, 0) is 68.2 Å². The van der Waals surface area contributed by atoms with Crippen LogP contribution in [0.4, 0.5) is 5.69 Å². The predicted molar refractivity (Wildman–Crippen MR) is 78.7 cm³/mol. The van der Waals surface area contributed by atoms with Crippen molar-refractivity contribution in [3.8, 4) is 5.75 Å². The van der Waals surface area contributed by atoms with E-state index in [4.69, 9.17) is 10.5 Å². The topological polar surface area (TPSA) is 47.3 Å². The summed E-state index contributed by atoms with van der Waals surface area (Å²) in [6.07, 6.45) is 7.18. The van der Waals surface area contributed by atoms with Crippen molar-refractivity contribution in [1.82, 2.24) is 0 Å². The first-order valence-electron chi connectivity index (χ1n) is 7.56. The predicted octanol–water partition coefficient (Wildman–Crippen LogP) is 2.94. The third-order valence-corrected chi connectivity index (χ3v) is 4.39. The van der Waals surface area contributed by atoms with Crippen LogP contribution in [-0.2, 0) is 6.42 Å². The minimum Gasteiger partial charge on any atom is -0.493 e. The van der Waals surface area contributed by atoms with Crippen LogP contribution in [0.2, 0.25) is 0 Å². The first-order chi connectivity index (χ1) is 9.31. The lowest BCUT2D eigenvalue weighted by molar-refractivity contribution is 0.288. The molecule has 3 N–H and O–H groups in total. The summed E-state index contributed by atoms with van der Waals surface area (Å²) in [6.45, 7) is 1.94. The van der Waals surface area contributed by atoms with Gasteiger partial charge in [0.25, 0.3) is 0 Å². The zero-order valence-electron chi connectivity index (χ0n) is 11.5. The van der Waals surface area contributed by atoms with Crippen LogP contribution >= 0.6 is 0 Å². The van der Waals surface area contributed by atoms with Crippen LogP contribution < -0.4 is 15.8 Å². The summed E-state index contributed by atoms with van der Waals surface area (Å²) in [5.41, 5.74) is 8.53. The molecule has 1 aliphatic heterocycles. The molecule has 2 aliphatic rings. The maximum Gasteiger partial charge on any atom is 0.122 e. The molecule has 0 amide bonds. The van der Waals surface area contributed by atoms with Crippen molar-refractivity contribution in [2.45, 2.75) is 44.6 Å². The van der Waals surface area contributed by atoms with Crippen LogP contribution in [0.25, 0.3) is 0 Å². The van der Waals surface area contributed by atoms with E-state index >= 15 is 0 Å². The summed E-state index contributed by atoms with van der Waals surface area (Å²) in [7, 11) is 0. The summed E-state index contributed by atoms with van der Waals surface area (Å²) < 4.78 is 5.64. The Hall–Kier alpha value is -1.22. The van der Waals surface area contributed by atoms with E-state index in [1.807, 2.05) is 0 Å². The second kappa shape index (κ2) is 5.83. The van der Waals surface area contributed by atoms with E-state index in [0.29, 0.717) is 6.04 Å². The summed E-state index contributed by atoms with van der Waals surface area (Å²) >= 11 is 0. The fourth-order valence-corrected chi connectivity index (χ4v) is 3.12. The Labute approximate surface area is 115 Å². The molecule has 1 fully saturated rings. The van der Waals surface area contributed by atoms with Gasteiger partial charge in [-0.25, -0.2) is 0 Å². The van der Waals surface area contributed by atoms with E-state index in [9.17, 15) is 0 Å². The zero-order valence-corrected chi connectivity index (χ0v) is 11.5. The van der Waals surface area contributed by atoms with Gasteiger partial charge in [0.15, 0.2) is 0 Å². The zero-order chi connectivity index (χ0) is 13.1. The molecule has 1 aliphatic carbocycles. The average Bonchev–Trinajstić information content (AvgIpc) is 2.46. The van der Waals surface area contributed by atoms with Gasteiger partial charge in [0.1, 0.15) is 5.75 Å². The van der Waals surface area contributed by atoms with Gasteiger partial charge in [-0.3, -0.25) is 0 Å². The van der Waals surface area contributed by atoms with E-state index in [1.54, 1.807) is 0 Å². The molecule has 0 aromatic heterocycles. The highest BCUT2D eigenvalue weighted by Crippen LogP contribution is 2.28. The molecular weight excluding hydrogens is 236 g/mol. The highest BCUT2D eigenvalue weighted by molar-refractivity contribution is 5.51. The minimum atomic E-state index is 0.442. The van der Waals surface area contributed by atoms with E-state index in [2.05, 4.69) is 23.5 Å². The molecule has 1 saturated carbocycles. The molecule has 0 unspecified atom stereocenters. The lowest BCUT2D eigenvalue weighted by Crippen LogP contribution is -2.29. The number of anilines is 1. The normalized spacial score (nSPS) is 26.4. The summed E-state index contributed by atoms with van der Waals surface area (Å²) in [4.78, 5) is 0. The Kier molecular flexibility index (Phi) is 3.92. The molecule has 3 rings (SSSR count). The number of fused-ring (bicyclic) bond motifs is 1. The third-order valence-electron chi connectivity index (χ3n) is 4.39. The van der Waals surface area contributed by atoms with Gasteiger partial charge in [-0.2, -0.15) is 0 Å². The smallest absolute Gasteiger partial charge is 0.122 e. The number of hydrogen-bond acceptors (Lipinski definition) is 3. The molecule has 0 atom stereocenters. The van der Waals surface area contributed by atoms with Gasteiger partial charge in [0, 0.05) is 18.3 Å². The number of aryl methyl sites for hydroxylation is 1. The second-order valence-electron chi connectivity index (χ2n) is 5.94. The van der Waals surface area contributed by atoms with Gasteiger partial charge in [-0.15, -0.1) is 0 Å². The van der Waals surface area contributed by atoms with Crippen LogP contribution in [0.5, 0.6) is 5.75 Å². The number of ether oxygens (including phenoxy) is 1. The molecule has 3 nitrogen and oxygen atoms in total. The van der Waals surface area contributed by atoms with Crippen molar-refractivity contribution < 1.29 is 4.74 Å². The molecule has 0 saturated heterocycles. The van der Waals surface area contributed by atoms with Crippen LogP contribution in [0.1, 0.15) is 37.7 Å².